The van der Waals surface area contributed by atoms with Crippen LogP contribution in [0, 0.1) is 6.92 Å². The predicted octanol–water partition coefficient (Wildman–Crippen LogP) is 4.55. The molecule has 4 aromatic rings. The molecule has 0 bridgehead atoms. The Morgan fingerprint density at radius 3 is 2.70 bits per heavy atom. The van der Waals surface area contributed by atoms with Gasteiger partial charge in [0.15, 0.2) is 5.13 Å². The Kier molecular flexibility index (Phi) is 5.76. The number of hydrogen-bond acceptors (Lipinski definition) is 4. The van der Waals surface area contributed by atoms with E-state index in [0.29, 0.717) is 23.8 Å². The van der Waals surface area contributed by atoms with Crippen LogP contribution in [0.1, 0.15) is 21.6 Å². The first-order valence-corrected chi connectivity index (χ1v) is 10.4. The third-order valence-electron chi connectivity index (χ3n) is 4.62. The van der Waals surface area contributed by atoms with Gasteiger partial charge in [-0.15, -0.1) is 11.3 Å². The fraction of sp³-hybridized carbons (Fsp3) is 0.136. The normalized spacial score (nSPS) is 10.7. The molecule has 2 aromatic carbocycles. The van der Waals surface area contributed by atoms with Gasteiger partial charge in [-0.25, -0.2) is 9.78 Å². The number of para-hydroxylation sites is 1. The van der Waals surface area contributed by atoms with Gasteiger partial charge in [-0.05, 0) is 37.1 Å². The highest BCUT2D eigenvalue weighted by molar-refractivity contribution is 7.14. The van der Waals surface area contributed by atoms with Crippen molar-refractivity contribution in [3.8, 4) is 0 Å². The summed E-state index contributed by atoms with van der Waals surface area (Å²) in [6.07, 6.45) is 2.68. The van der Waals surface area contributed by atoms with Gasteiger partial charge in [0.25, 0.3) is 5.91 Å². The van der Waals surface area contributed by atoms with E-state index >= 15 is 0 Å². The van der Waals surface area contributed by atoms with E-state index in [1.807, 2.05) is 55.6 Å². The Bertz CT molecular complexity index is 1180. The minimum Gasteiger partial charge on any atom is -0.361 e. The average molecular weight is 420 g/mol. The van der Waals surface area contributed by atoms with Gasteiger partial charge in [-0.2, -0.15) is 0 Å². The molecule has 0 aliphatic rings. The summed E-state index contributed by atoms with van der Waals surface area (Å²) in [6.45, 7) is 2.47. The Labute approximate surface area is 177 Å². The van der Waals surface area contributed by atoms with Crippen molar-refractivity contribution in [2.45, 2.75) is 13.3 Å². The Hall–Kier alpha value is -3.65. The molecule has 0 radical (unpaired) electrons. The number of thiazole rings is 1. The highest BCUT2D eigenvalue weighted by atomic mass is 32.1. The number of amides is 3. The molecular weight excluding hydrogens is 398 g/mol. The lowest BCUT2D eigenvalue weighted by Gasteiger charge is -2.05. The molecule has 0 unspecified atom stereocenters. The standard InChI is InChI=1S/C22H21N5O2S/c1-14-6-8-16(9-7-14)25-21(29)27-22-26-19(13-30-22)20(28)23-11-10-15-12-24-18-5-3-2-4-17(15)18/h2-9,12-13,24H,10-11H2,1H3,(H,23,28)(H2,25,26,27,29). The van der Waals surface area contributed by atoms with Crippen LogP contribution in [0.2, 0.25) is 0 Å². The second-order valence-electron chi connectivity index (χ2n) is 6.85. The molecule has 2 heterocycles. The Balaban J connectivity index is 1.28. The van der Waals surface area contributed by atoms with Gasteiger partial charge in [0.2, 0.25) is 0 Å². The molecule has 7 nitrogen and oxygen atoms in total. The summed E-state index contributed by atoms with van der Waals surface area (Å²) in [4.78, 5) is 31.9. The number of anilines is 2. The second-order valence-corrected chi connectivity index (χ2v) is 7.71. The smallest absolute Gasteiger partial charge is 0.325 e. The molecule has 0 spiro atoms. The minimum absolute atomic E-state index is 0.266. The molecule has 4 rings (SSSR count). The maximum atomic E-state index is 12.4. The first-order chi connectivity index (χ1) is 14.6. The summed E-state index contributed by atoms with van der Waals surface area (Å²) in [7, 11) is 0. The van der Waals surface area contributed by atoms with E-state index in [4.69, 9.17) is 0 Å². The van der Waals surface area contributed by atoms with Gasteiger partial charge >= 0.3 is 6.03 Å². The number of nitrogens with one attached hydrogen (secondary N) is 4. The van der Waals surface area contributed by atoms with Crippen LogP contribution in [-0.2, 0) is 6.42 Å². The van der Waals surface area contributed by atoms with Crippen molar-refractivity contribution < 1.29 is 9.59 Å². The molecular formula is C22H21N5O2S. The Morgan fingerprint density at radius 2 is 1.87 bits per heavy atom. The van der Waals surface area contributed by atoms with E-state index in [1.54, 1.807) is 5.38 Å². The first kappa shape index (κ1) is 19.7. The number of aromatic nitrogens is 2. The number of aryl methyl sites for hydroxylation is 1. The maximum absolute atomic E-state index is 12.4. The molecule has 3 amide bonds. The summed E-state index contributed by atoms with van der Waals surface area (Å²) in [6, 6.07) is 15.1. The van der Waals surface area contributed by atoms with Gasteiger partial charge in [-0.3, -0.25) is 10.1 Å². The summed E-state index contributed by atoms with van der Waals surface area (Å²) in [5.41, 5.74) is 4.31. The van der Waals surface area contributed by atoms with Crippen molar-refractivity contribution in [1.82, 2.24) is 15.3 Å². The highest BCUT2D eigenvalue weighted by Gasteiger charge is 2.13. The van der Waals surface area contributed by atoms with Crippen molar-refractivity contribution in [3.63, 3.8) is 0 Å². The number of carbonyl (C=O) groups is 2. The van der Waals surface area contributed by atoms with Crippen LogP contribution < -0.4 is 16.0 Å². The van der Waals surface area contributed by atoms with Crippen molar-refractivity contribution in [2.75, 3.05) is 17.2 Å². The lowest BCUT2D eigenvalue weighted by atomic mass is 10.1. The van der Waals surface area contributed by atoms with E-state index in [0.717, 1.165) is 22.0 Å². The van der Waals surface area contributed by atoms with E-state index < -0.39 is 6.03 Å². The van der Waals surface area contributed by atoms with Gasteiger partial charge in [-0.1, -0.05) is 35.9 Å². The van der Waals surface area contributed by atoms with Crippen LogP contribution in [0.3, 0.4) is 0 Å². The van der Waals surface area contributed by atoms with Gasteiger partial charge < -0.3 is 15.6 Å². The largest absolute Gasteiger partial charge is 0.361 e. The molecule has 8 heteroatoms. The third kappa shape index (κ3) is 4.66. The number of rotatable bonds is 6. The summed E-state index contributed by atoms with van der Waals surface area (Å²) in [5, 5.41) is 11.4. The molecule has 30 heavy (non-hydrogen) atoms. The zero-order valence-electron chi connectivity index (χ0n) is 16.4. The monoisotopic (exact) mass is 419 g/mol. The number of carbonyl (C=O) groups excluding carboxylic acids is 2. The Morgan fingerprint density at radius 1 is 1.07 bits per heavy atom. The second kappa shape index (κ2) is 8.79. The molecule has 0 saturated carbocycles. The van der Waals surface area contributed by atoms with Crippen molar-refractivity contribution in [3.05, 3.63) is 76.9 Å². The molecule has 152 valence electrons. The van der Waals surface area contributed by atoms with Crippen molar-refractivity contribution in [2.24, 2.45) is 0 Å². The highest BCUT2D eigenvalue weighted by Crippen LogP contribution is 2.18. The van der Waals surface area contributed by atoms with E-state index in [1.165, 1.54) is 11.3 Å². The van der Waals surface area contributed by atoms with Crippen LogP contribution in [-0.4, -0.2) is 28.5 Å². The van der Waals surface area contributed by atoms with E-state index in [2.05, 4.69) is 32.0 Å². The fourth-order valence-electron chi connectivity index (χ4n) is 3.07. The summed E-state index contributed by atoms with van der Waals surface area (Å²) < 4.78 is 0. The number of fused-ring (bicyclic) bond motifs is 1. The number of aromatic amines is 1. The van der Waals surface area contributed by atoms with Crippen LogP contribution in [0.15, 0.2) is 60.1 Å². The van der Waals surface area contributed by atoms with E-state index in [-0.39, 0.29) is 11.6 Å². The molecule has 2 aromatic heterocycles. The molecule has 0 fully saturated rings. The molecule has 0 aliphatic heterocycles. The number of H-pyrrole nitrogens is 1. The zero-order valence-corrected chi connectivity index (χ0v) is 17.2. The molecule has 4 N–H and O–H groups in total. The van der Waals surface area contributed by atoms with Crippen LogP contribution in [0.25, 0.3) is 10.9 Å². The predicted molar refractivity (Wildman–Crippen MR) is 120 cm³/mol. The maximum Gasteiger partial charge on any atom is 0.325 e. The fourth-order valence-corrected chi connectivity index (χ4v) is 3.76. The van der Waals surface area contributed by atoms with Crippen LogP contribution in [0.5, 0.6) is 0 Å². The number of nitrogens with zero attached hydrogens (tertiary/aromatic N) is 1. The SMILES string of the molecule is Cc1ccc(NC(=O)Nc2nc(C(=O)NCCc3c[nH]c4ccccc34)cs2)cc1. The van der Waals surface area contributed by atoms with Gasteiger partial charge in [0.05, 0.1) is 0 Å². The number of hydrogen-bond donors (Lipinski definition) is 4. The molecule has 0 atom stereocenters. The summed E-state index contributed by atoms with van der Waals surface area (Å²) in [5.74, 6) is -0.266. The number of benzene rings is 2. The average Bonchev–Trinajstić information content (AvgIpc) is 3.37. The van der Waals surface area contributed by atoms with Crippen LogP contribution >= 0.6 is 11.3 Å². The lowest BCUT2D eigenvalue weighted by Crippen LogP contribution is -2.26. The third-order valence-corrected chi connectivity index (χ3v) is 5.38. The number of urea groups is 1. The first-order valence-electron chi connectivity index (χ1n) is 9.52. The van der Waals surface area contributed by atoms with E-state index in [9.17, 15) is 9.59 Å². The lowest BCUT2D eigenvalue weighted by molar-refractivity contribution is 0.0950. The quantitative estimate of drug-likeness (QED) is 0.369. The van der Waals surface area contributed by atoms with Crippen molar-refractivity contribution in [1.29, 1.82) is 0 Å². The van der Waals surface area contributed by atoms with Gasteiger partial charge in [0.1, 0.15) is 5.69 Å². The topological polar surface area (TPSA) is 98.9 Å². The molecule has 0 aliphatic carbocycles. The van der Waals surface area contributed by atoms with Crippen LogP contribution in [0.4, 0.5) is 15.6 Å². The van der Waals surface area contributed by atoms with Gasteiger partial charge in [0, 0.05) is 34.7 Å². The summed E-state index contributed by atoms with van der Waals surface area (Å²) >= 11 is 1.20. The zero-order chi connectivity index (χ0) is 20.9. The van der Waals surface area contributed by atoms with Crippen molar-refractivity contribution >= 4 is 45.0 Å². The molecule has 0 saturated heterocycles. The minimum atomic E-state index is -0.403.